The number of rotatable bonds is 5. The molecule has 3 heterocycles. The predicted molar refractivity (Wildman–Crippen MR) is 146 cm³/mol. The summed E-state index contributed by atoms with van der Waals surface area (Å²) in [5.74, 6) is -1.61. The molecule has 13 heteroatoms. The van der Waals surface area contributed by atoms with Crippen LogP contribution in [-0.4, -0.2) is 139 Å². The highest BCUT2D eigenvalue weighted by Crippen LogP contribution is 2.24. The lowest BCUT2D eigenvalue weighted by atomic mass is 10.1. The standard InChI is InChI=1S/C27H45N3O9S/c1-26(2)36-16-21(23(31)18-38-26)29-11-9-28(15-20-7-5-6-8-25(20)40(33,34)35)10-12-30(14-13-29)22-17-37-27(3,4)39-19-24(22)32/h5-8,21-24,31-32H,9-19H2,1-4H3,(H,33,34,35)/t21-,22-,23-,24+/m1/s1. The Morgan fingerprint density at radius 1 is 0.750 bits per heavy atom. The van der Waals surface area contributed by atoms with Gasteiger partial charge in [0, 0.05) is 45.8 Å². The summed E-state index contributed by atoms with van der Waals surface area (Å²) in [6.07, 6.45) is -1.52. The van der Waals surface area contributed by atoms with E-state index in [0.717, 1.165) is 0 Å². The lowest BCUT2D eigenvalue weighted by Gasteiger charge is -2.36. The Balaban J connectivity index is 1.59. The maximum Gasteiger partial charge on any atom is 0.294 e. The first kappa shape index (κ1) is 31.7. The van der Waals surface area contributed by atoms with E-state index < -0.39 is 33.9 Å². The molecule has 1 aromatic rings. The van der Waals surface area contributed by atoms with Gasteiger partial charge in [-0.3, -0.25) is 19.3 Å². The first-order chi connectivity index (χ1) is 18.7. The molecule has 0 amide bonds. The van der Waals surface area contributed by atoms with Crippen LogP contribution >= 0.6 is 0 Å². The minimum atomic E-state index is -4.38. The molecule has 3 saturated heterocycles. The fraction of sp³-hybridized carbons (Fsp3) is 0.778. The SMILES string of the molecule is CC1(C)OC[C@@H](O)[C@H](N2CCN(Cc3ccccc3S(=O)(=O)O)CCN([C@@H]3COC(C)(C)OC[C@@H]3O)CC2)CO1. The minimum absolute atomic E-state index is 0.109. The van der Waals surface area contributed by atoms with Gasteiger partial charge in [0.1, 0.15) is 0 Å². The third-order valence-electron chi connectivity index (χ3n) is 7.96. The first-order valence-corrected chi connectivity index (χ1v) is 15.4. The summed E-state index contributed by atoms with van der Waals surface area (Å²) in [6.45, 7) is 12.0. The number of benzene rings is 1. The monoisotopic (exact) mass is 587 g/mol. The molecule has 0 aliphatic carbocycles. The highest BCUT2D eigenvalue weighted by atomic mass is 32.2. The van der Waals surface area contributed by atoms with Crippen LogP contribution in [0.3, 0.4) is 0 Å². The number of aliphatic hydroxyl groups is 2. The molecule has 228 valence electrons. The van der Waals surface area contributed by atoms with Crippen molar-refractivity contribution in [2.75, 3.05) is 65.7 Å². The van der Waals surface area contributed by atoms with Crippen LogP contribution in [0.15, 0.2) is 29.2 Å². The number of nitrogens with zero attached hydrogens (tertiary/aromatic N) is 3. The fourth-order valence-corrected chi connectivity index (χ4v) is 6.16. The molecule has 3 aliphatic rings. The van der Waals surface area contributed by atoms with E-state index in [1.54, 1.807) is 18.2 Å². The Kier molecular flexibility index (Phi) is 10.3. The van der Waals surface area contributed by atoms with E-state index in [1.165, 1.54) is 6.07 Å². The Bertz CT molecular complexity index is 1040. The summed E-state index contributed by atoms with van der Waals surface area (Å²) in [7, 11) is -4.38. The zero-order chi connectivity index (χ0) is 29.1. The van der Waals surface area contributed by atoms with Crippen molar-refractivity contribution in [1.29, 1.82) is 0 Å². The summed E-state index contributed by atoms with van der Waals surface area (Å²) in [4.78, 5) is 6.38. The van der Waals surface area contributed by atoms with Crippen molar-refractivity contribution in [2.45, 2.75) is 75.0 Å². The molecule has 0 saturated carbocycles. The molecule has 0 bridgehead atoms. The summed E-state index contributed by atoms with van der Waals surface area (Å²) in [5, 5.41) is 22.0. The topological polar surface area (TPSA) is 141 Å². The lowest BCUT2D eigenvalue weighted by Crippen LogP contribution is -2.53. The van der Waals surface area contributed by atoms with Gasteiger partial charge in [0.25, 0.3) is 10.1 Å². The highest BCUT2D eigenvalue weighted by Gasteiger charge is 2.38. The fourth-order valence-electron chi connectivity index (χ4n) is 5.45. The molecular weight excluding hydrogens is 542 g/mol. The zero-order valence-corrected chi connectivity index (χ0v) is 24.8. The second-order valence-corrected chi connectivity index (χ2v) is 13.1. The maximum atomic E-state index is 12.0. The second kappa shape index (κ2) is 13.0. The third kappa shape index (κ3) is 8.42. The van der Waals surface area contributed by atoms with Crippen LogP contribution in [0.25, 0.3) is 0 Å². The Hall–Kier alpha value is -1.23. The van der Waals surface area contributed by atoms with Crippen molar-refractivity contribution in [3.05, 3.63) is 29.8 Å². The summed E-state index contributed by atoms with van der Waals surface area (Å²) in [6, 6.07) is 5.82. The molecule has 12 nitrogen and oxygen atoms in total. The number of ether oxygens (including phenoxy) is 4. The van der Waals surface area contributed by atoms with Gasteiger partial charge in [-0.1, -0.05) is 18.2 Å². The van der Waals surface area contributed by atoms with Gasteiger partial charge in [-0.15, -0.1) is 0 Å². The van der Waals surface area contributed by atoms with E-state index in [9.17, 15) is 23.2 Å². The molecule has 3 aliphatic heterocycles. The Morgan fingerprint density at radius 3 is 1.65 bits per heavy atom. The van der Waals surface area contributed by atoms with Gasteiger partial charge in [-0.05, 0) is 39.3 Å². The largest absolute Gasteiger partial charge is 0.389 e. The zero-order valence-electron chi connectivity index (χ0n) is 23.9. The molecule has 4 atom stereocenters. The van der Waals surface area contributed by atoms with Gasteiger partial charge in [-0.25, -0.2) is 0 Å². The van der Waals surface area contributed by atoms with E-state index in [4.69, 9.17) is 18.9 Å². The van der Waals surface area contributed by atoms with E-state index in [2.05, 4.69) is 14.7 Å². The summed E-state index contributed by atoms with van der Waals surface area (Å²) in [5.41, 5.74) is 0.503. The average Bonchev–Trinajstić information content (AvgIpc) is 3.04. The molecule has 1 aromatic carbocycles. The van der Waals surface area contributed by atoms with Crippen LogP contribution in [0.1, 0.15) is 33.3 Å². The van der Waals surface area contributed by atoms with Crippen LogP contribution < -0.4 is 0 Å². The molecule has 0 unspecified atom stereocenters. The van der Waals surface area contributed by atoms with Crippen LogP contribution in [-0.2, 0) is 35.6 Å². The van der Waals surface area contributed by atoms with Crippen molar-refractivity contribution in [1.82, 2.24) is 14.7 Å². The van der Waals surface area contributed by atoms with E-state index in [-0.39, 0.29) is 43.4 Å². The molecule has 0 spiro atoms. The minimum Gasteiger partial charge on any atom is -0.389 e. The summed E-state index contributed by atoms with van der Waals surface area (Å²) >= 11 is 0. The van der Waals surface area contributed by atoms with Gasteiger partial charge >= 0.3 is 0 Å². The average molecular weight is 588 g/mol. The van der Waals surface area contributed by atoms with Crippen LogP contribution in [0.2, 0.25) is 0 Å². The van der Waals surface area contributed by atoms with Crippen molar-refractivity contribution < 1.29 is 42.1 Å². The van der Waals surface area contributed by atoms with Crippen molar-refractivity contribution >= 4 is 10.1 Å². The first-order valence-electron chi connectivity index (χ1n) is 13.9. The molecule has 0 aromatic heterocycles. The highest BCUT2D eigenvalue weighted by molar-refractivity contribution is 7.85. The van der Waals surface area contributed by atoms with Crippen LogP contribution in [0.4, 0.5) is 0 Å². The molecule has 3 fully saturated rings. The van der Waals surface area contributed by atoms with Crippen molar-refractivity contribution in [3.63, 3.8) is 0 Å². The van der Waals surface area contributed by atoms with Crippen molar-refractivity contribution in [3.8, 4) is 0 Å². The Labute approximate surface area is 237 Å². The third-order valence-corrected chi connectivity index (χ3v) is 8.91. The molecule has 40 heavy (non-hydrogen) atoms. The lowest BCUT2D eigenvalue weighted by molar-refractivity contribution is -0.205. The number of aliphatic hydroxyl groups excluding tert-OH is 2. The number of hydrogen-bond donors (Lipinski definition) is 3. The number of hydrogen-bond acceptors (Lipinski definition) is 11. The van der Waals surface area contributed by atoms with E-state index >= 15 is 0 Å². The summed E-state index contributed by atoms with van der Waals surface area (Å²) < 4.78 is 57.4. The van der Waals surface area contributed by atoms with Crippen LogP contribution in [0.5, 0.6) is 0 Å². The molecule has 0 radical (unpaired) electrons. The van der Waals surface area contributed by atoms with Gasteiger partial charge in [-0.2, -0.15) is 8.42 Å². The van der Waals surface area contributed by atoms with Gasteiger partial charge < -0.3 is 29.2 Å². The molecule has 4 rings (SSSR count). The van der Waals surface area contributed by atoms with Crippen LogP contribution in [0, 0.1) is 0 Å². The normalized spacial score (nSPS) is 31.9. The smallest absolute Gasteiger partial charge is 0.294 e. The second-order valence-electron chi connectivity index (χ2n) is 11.7. The van der Waals surface area contributed by atoms with E-state index in [1.807, 2.05) is 27.7 Å². The Morgan fingerprint density at radius 2 is 1.18 bits per heavy atom. The van der Waals surface area contributed by atoms with Gasteiger partial charge in [0.15, 0.2) is 11.6 Å². The van der Waals surface area contributed by atoms with E-state index in [0.29, 0.717) is 51.4 Å². The quantitative estimate of drug-likeness (QED) is 0.410. The van der Waals surface area contributed by atoms with Crippen molar-refractivity contribution in [2.24, 2.45) is 0 Å². The van der Waals surface area contributed by atoms with Gasteiger partial charge in [0.05, 0.1) is 55.6 Å². The molecule has 3 N–H and O–H groups in total. The predicted octanol–water partition coefficient (Wildman–Crippen LogP) is 0.378. The van der Waals surface area contributed by atoms with Gasteiger partial charge in [0.2, 0.25) is 0 Å². The maximum absolute atomic E-state index is 12.0. The molecular formula is C27H45N3O9S.